The highest BCUT2D eigenvalue weighted by molar-refractivity contribution is 8.01. The summed E-state index contributed by atoms with van der Waals surface area (Å²) in [6.07, 6.45) is -1.37. The number of nitrogens with one attached hydrogen (secondary N) is 1. The number of hydrogen-bond donors (Lipinski definition) is 5. The van der Waals surface area contributed by atoms with E-state index in [2.05, 4.69) is 20.4 Å². The summed E-state index contributed by atoms with van der Waals surface area (Å²) in [5, 5.41) is 28.6. The Morgan fingerprint density at radius 3 is 2.71 bits per heavy atom. The Morgan fingerprint density at radius 2 is 2.10 bits per heavy atom. The lowest BCUT2D eigenvalue weighted by molar-refractivity contribution is -0.719. The Bertz CT molecular complexity index is 1480. The average Bonchev–Trinajstić information content (AvgIpc) is 3.34. The van der Waals surface area contributed by atoms with E-state index in [-0.39, 0.29) is 33.8 Å². The summed E-state index contributed by atoms with van der Waals surface area (Å²) in [6.45, 7) is 3.60. The van der Waals surface area contributed by atoms with Crippen LogP contribution >= 0.6 is 34.9 Å². The summed E-state index contributed by atoms with van der Waals surface area (Å²) in [6, 6.07) is 0.415. The largest absolute Gasteiger partial charge is 0.543 e. The van der Waals surface area contributed by atoms with Gasteiger partial charge in [0, 0.05) is 16.9 Å². The minimum absolute atomic E-state index is 0.0114. The van der Waals surface area contributed by atoms with Crippen molar-refractivity contribution in [2.45, 2.75) is 43.1 Å². The number of anilines is 3. The molecule has 2 aliphatic rings. The van der Waals surface area contributed by atoms with Crippen molar-refractivity contribution in [2.24, 2.45) is 5.16 Å². The highest BCUT2D eigenvalue weighted by atomic mass is 32.2. The molecule has 19 heteroatoms. The maximum atomic E-state index is 13.1. The van der Waals surface area contributed by atoms with Gasteiger partial charge in [0.15, 0.2) is 10.8 Å². The van der Waals surface area contributed by atoms with Gasteiger partial charge in [-0.05, 0) is 31.2 Å². The summed E-state index contributed by atoms with van der Waals surface area (Å²) < 4.78 is 1.72. The Balaban J connectivity index is 1.52. The summed E-state index contributed by atoms with van der Waals surface area (Å²) in [4.78, 5) is 63.7. The predicted octanol–water partition coefficient (Wildman–Crippen LogP) is -2.02. The number of aliphatic carboxylic acids is 2. The molecule has 8 N–H and O–H groups in total. The van der Waals surface area contributed by atoms with Gasteiger partial charge in [0.2, 0.25) is 17.7 Å². The highest BCUT2D eigenvalue weighted by Gasteiger charge is 2.53. The number of thiazole rings is 1. The van der Waals surface area contributed by atoms with Crippen molar-refractivity contribution in [3.8, 4) is 0 Å². The van der Waals surface area contributed by atoms with E-state index >= 15 is 0 Å². The van der Waals surface area contributed by atoms with Crippen molar-refractivity contribution < 1.29 is 38.8 Å². The van der Waals surface area contributed by atoms with Crippen LogP contribution in [0.4, 0.5) is 16.8 Å². The molecule has 1 fully saturated rings. The minimum atomic E-state index is -1.54. The standard InChI is InChI=1S/C22H25N9O7S3/c1-3-30-12(24)4-11(23)27-22(30)41-6-9-5-39-18-14(17(33)31(18)15(9)20(36)37)28-16(32)13(10-7-40-21(25)26-10)29-38-8(2)19(34)35/h4,7-8,14,18H,3,5-6H2,1-2H3,(H8,23,24,25,26,28,32,34,35,36,37)/b29-13-/t8-,14?,18-/m1/s1. The van der Waals surface area contributed by atoms with Crippen molar-refractivity contribution in [3.05, 3.63) is 28.4 Å². The van der Waals surface area contributed by atoms with Crippen LogP contribution in [0.25, 0.3) is 0 Å². The smallest absolute Gasteiger partial charge is 0.347 e. The van der Waals surface area contributed by atoms with E-state index in [9.17, 15) is 24.3 Å². The van der Waals surface area contributed by atoms with Crippen LogP contribution in [0, 0.1) is 0 Å². The zero-order chi connectivity index (χ0) is 30.0. The summed E-state index contributed by atoms with van der Waals surface area (Å²) in [7, 11) is 0. The molecule has 1 unspecified atom stereocenters. The number of amides is 2. The zero-order valence-corrected chi connectivity index (χ0v) is 24.0. The first kappa shape index (κ1) is 29.9. The summed E-state index contributed by atoms with van der Waals surface area (Å²) >= 11 is 3.48. The number of carboxylic acids is 2. The van der Waals surface area contributed by atoms with Gasteiger partial charge < -0.3 is 42.4 Å². The van der Waals surface area contributed by atoms with Gasteiger partial charge in [-0.3, -0.25) is 14.5 Å². The molecule has 0 saturated carbocycles. The van der Waals surface area contributed by atoms with Crippen molar-refractivity contribution in [1.29, 1.82) is 0 Å². The molecular formula is C22H25N9O7S3. The number of thioether (sulfide) groups is 2. The van der Waals surface area contributed by atoms with Gasteiger partial charge in [0.05, 0.1) is 24.3 Å². The van der Waals surface area contributed by atoms with Gasteiger partial charge in [0.1, 0.15) is 17.1 Å². The third-order valence-corrected chi connectivity index (χ3v) is 8.99. The first-order valence-electron chi connectivity index (χ1n) is 11.9. The monoisotopic (exact) mass is 623 g/mol. The van der Waals surface area contributed by atoms with E-state index < -0.39 is 47.0 Å². The van der Waals surface area contributed by atoms with E-state index in [1.807, 2.05) is 6.92 Å². The number of fused-ring (bicyclic) bond motifs is 1. The molecule has 0 spiro atoms. The Labute approximate surface area is 245 Å². The normalized spacial score (nSPS) is 19.3. The lowest BCUT2D eigenvalue weighted by Gasteiger charge is -2.50. The molecule has 2 amide bonds. The first-order valence-corrected chi connectivity index (χ1v) is 14.8. The molecule has 2 aliphatic heterocycles. The number of aromatic nitrogens is 3. The molecule has 1 saturated heterocycles. The maximum absolute atomic E-state index is 13.1. The van der Waals surface area contributed by atoms with E-state index in [4.69, 9.17) is 27.1 Å². The lowest BCUT2D eigenvalue weighted by Crippen LogP contribution is -2.71. The van der Waals surface area contributed by atoms with E-state index in [1.54, 1.807) is 4.57 Å². The molecule has 41 heavy (non-hydrogen) atoms. The Morgan fingerprint density at radius 1 is 1.37 bits per heavy atom. The molecule has 0 bridgehead atoms. The summed E-state index contributed by atoms with van der Waals surface area (Å²) in [5.41, 5.74) is 17.2. The number of nitrogens with zero attached hydrogens (tertiary/aromatic N) is 5. The van der Waals surface area contributed by atoms with Crippen molar-refractivity contribution in [1.82, 2.24) is 20.2 Å². The summed E-state index contributed by atoms with van der Waals surface area (Å²) in [5.74, 6) is -3.41. The fourth-order valence-electron chi connectivity index (χ4n) is 3.89. The average molecular weight is 624 g/mol. The predicted molar refractivity (Wildman–Crippen MR) is 148 cm³/mol. The second kappa shape index (κ2) is 12.2. The van der Waals surface area contributed by atoms with Crippen molar-refractivity contribution in [2.75, 3.05) is 28.7 Å². The van der Waals surface area contributed by atoms with Crippen LogP contribution in [0.15, 0.2) is 33.0 Å². The first-order chi connectivity index (χ1) is 19.4. The molecule has 218 valence electrons. The quantitative estimate of drug-likeness (QED) is 0.0452. The molecule has 0 radical (unpaired) electrons. The molecule has 2 aromatic rings. The van der Waals surface area contributed by atoms with Crippen LogP contribution in [0.1, 0.15) is 19.5 Å². The number of carbonyl (C=O) groups excluding carboxylic acids is 3. The Kier molecular flexibility index (Phi) is 8.88. The number of hydrogen-bond acceptors (Lipinski definition) is 15. The highest BCUT2D eigenvalue weighted by Crippen LogP contribution is 2.41. The van der Waals surface area contributed by atoms with Crippen LogP contribution in [-0.4, -0.2) is 78.5 Å². The van der Waals surface area contributed by atoms with Crippen molar-refractivity contribution in [3.63, 3.8) is 0 Å². The Hall–Kier alpha value is -4.10. The number of nitrogens with two attached hydrogens (primary N) is 3. The number of β-lactam (4-membered cyclic amide) rings is 1. The second-order valence-corrected chi connectivity index (χ2v) is 11.6. The molecule has 2 aromatic heterocycles. The van der Waals surface area contributed by atoms with Gasteiger partial charge in [-0.2, -0.15) is 0 Å². The topological polar surface area (TPSA) is 256 Å². The third kappa shape index (κ3) is 6.15. The fourth-order valence-corrected chi connectivity index (χ4v) is 7.02. The van der Waals surface area contributed by atoms with Gasteiger partial charge in [-0.1, -0.05) is 10.1 Å². The van der Waals surface area contributed by atoms with Crippen molar-refractivity contribution >= 4 is 81.1 Å². The fraction of sp³-hybridized carbons (Fsp3) is 0.364. The second-order valence-electron chi connectivity index (χ2n) is 8.62. The molecule has 4 rings (SSSR count). The van der Waals surface area contributed by atoms with Gasteiger partial charge >= 0.3 is 11.1 Å². The lowest BCUT2D eigenvalue weighted by atomic mass is 10.0. The molecule has 16 nitrogen and oxygen atoms in total. The van der Waals surface area contributed by atoms with Gasteiger partial charge in [-0.25, -0.2) is 14.3 Å². The van der Waals surface area contributed by atoms with Gasteiger partial charge in [-0.15, -0.1) is 23.1 Å². The molecular weight excluding hydrogens is 598 g/mol. The van der Waals surface area contributed by atoms with Crippen LogP contribution < -0.4 is 32.2 Å². The number of rotatable bonds is 11. The number of carboxylic acid groups (broad SMARTS) is 2. The molecule has 4 heterocycles. The maximum Gasteiger partial charge on any atom is 0.347 e. The van der Waals surface area contributed by atoms with E-state index in [0.29, 0.717) is 23.1 Å². The van der Waals surface area contributed by atoms with Gasteiger partial charge in [0.25, 0.3) is 11.8 Å². The molecule has 0 aliphatic carbocycles. The third-order valence-electron chi connectivity index (χ3n) is 5.91. The zero-order valence-electron chi connectivity index (χ0n) is 21.6. The molecule has 0 aromatic carbocycles. The molecule has 3 atom stereocenters. The SMILES string of the molecule is CC[n+]1c(N)cc(N)nc1SCC1=C(C(=O)[O-])N2C(=O)C(NC(=O)/C(=N\O[C@H](C)C(=O)O)c3csc(N)n3)[C@H]2SC1. The number of nitrogen functional groups attached to an aromatic ring is 3. The van der Waals surface area contributed by atoms with E-state index in [1.165, 1.54) is 41.9 Å². The van der Waals surface area contributed by atoms with Crippen LogP contribution in [-0.2, 0) is 30.6 Å². The number of carbonyl (C=O) groups is 4. The van der Waals surface area contributed by atoms with Crippen LogP contribution in [0.2, 0.25) is 0 Å². The number of oxime groups is 1. The van der Waals surface area contributed by atoms with Crippen LogP contribution in [0.5, 0.6) is 0 Å². The minimum Gasteiger partial charge on any atom is -0.543 e. The van der Waals surface area contributed by atoms with E-state index in [0.717, 1.165) is 16.2 Å². The van der Waals surface area contributed by atoms with Crippen LogP contribution in [0.3, 0.4) is 0 Å².